The van der Waals surface area contributed by atoms with E-state index in [1.807, 2.05) is 10.6 Å². The van der Waals surface area contributed by atoms with Crippen LogP contribution in [-0.4, -0.2) is 15.4 Å². The van der Waals surface area contributed by atoms with E-state index < -0.39 is 16.6 Å². The first-order valence-corrected chi connectivity index (χ1v) is 9.90. The summed E-state index contributed by atoms with van der Waals surface area (Å²) in [6.45, 7) is 2.03. The highest BCUT2D eigenvalue weighted by molar-refractivity contribution is 5.98. The molecular weight excluding hydrogens is 416 g/mol. The number of rotatable bonds is 6. The number of nitrogens with one attached hydrogen (secondary N) is 1. The van der Waals surface area contributed by atoms with Crippen molar-refractivity contribution in [3.8, 4) is 0 Å². The number of halogens is 2. The number of nitrogens with zero attached hydrogens (tertiary/aromatic N) is 2. The van der Waals surface area contributed by atoms with Crippen LogP contribution in [0.4, 0.5) is 14.5 Å². The van der Waals surface area contributed by atoms with Crippen LogP contribution in [0.1, 0.15) is 34.5 Å². The molecule has 6 nitrogen and oxygen atoms in total. The Bertz CT molecular complexity index is 1320. The smallest absolute Gasteiger partial charge is 0.269 e. The third kappa shape index (κ3) is 4.34. The van der Waals surface area contributed by atoms with E-state index in [9.17, 15) is 23.7 Å². The van der Waals surface area contributed by atoms with Crippen molar-refractivity contribution < 1.29 is 18.5 Å². The Kier molecular flexibility index (Phi) is 5.68. The van der Waals surface area contributed by atoms with Crippen LogP contribution in [0, 0.1) is 21.7 Å². The molecule has 0 aliphatic heterocycles. The van der Waals surface area contributed by atoms with Crippen molar-refractivity contribution in [3.63, 3.8) is 0 Å². The van der Waals surface area contributed by atoms with Gasteiger partial charge in [0.05, 0.1) is 17.5 Å². The first kappa shape index (κ1) is 21.2. The summed E-state index contributed by atoms with van der Waals surface area (Å²) >= 11 is 0. The summed E-state index contributed by atoms with van der Waals surface area (Å²) in [4.78, 5) is 23.0. The Labute approximate surface area is 182 Å². The predicted molar refractivity (Wildman–Crippen MR) is 116 cm³/mol. The number of amides is 1. The van der Waals surface area contributed by atoms with Crippen molar-refractivity contribution in [3.05, 3.63) is 111 Å². The van der Waals surface area contributed by atoms with Crippen molar-refractivity contribution in [2.75, 3.05) is 0 Å². The van der Waals surface area contributed by atoms with Crippen molar-refractivity contribution >= 4 is 22.5 Å². The van der Waals surface area contributed by atoms with Gasteiger partial charge in [-0.1, -0.05) is 18.2 Å². The number of aromatic nitrogens is 1. The van der Waals surface area contributed by atoms with E-state index in [2.05, 4.69) is 5.32 Å². The monoisotopic (exact) mass is 435 g/mol. The molecule has 0 spiro atoms. The second-order valence-corrected chi connectivity index (χ2v) is 7.50. The molecule has 1 aromatic heterocycles. The number of nitro groups is 1. The predicted octanol–water partition coefficient (Wildman–Crippen LogP) is 5.37. The van der Waals surface area contributed by atoms with Gasteiger partial charge in [0.25, 0.3) is 11.6 Å². The highest BCUT2D eigenvalue weighted by Gasteiger charge is 2.14. The van der Waals surface area contributed by atoms with Crippen LogP contribution in [0.5, 0.6) is 0 Å². The quantitative estimate of drug-likeness (QED) is 0.327. The summed E-state index contributed by atoms with van der Waals surface area (Å²) in [6, 6.07) is 16.2. The Morgan fingerprint density at radius 1 is 1.06 bits per heavy atom. The Balaban J connectivity index is 1.50. The number of non-ortho nitro benzene ring substituents is 1. The molecule has 1 N–H and O–H groups in total. The molecule has 4 rings (SSSR count). The third-order valence-electron chi connectivity index (χ3n) is 5.34. The molecule has 1 heterocycles. The third-order valence-corrected chi connectivity index (χ3v) is 5.34. The second kappa shape index (κ2) is 8.58. The standard InChI is InChI=1S/C24H19F2N3O3/c1-15(16-3-7-21(8-4-16)29(31)32)27-24(30)18-5-9-23-17(12-18)10-11-28(23)14-19-2-6-20(25)13-22(19)26/h2-13,15H,14H2,1H3,(H,27,30). The minimum absolute atomic E-state index is 0.0113. The molecule has 1 unspecified atom stereocenters. The van der Waals surface area contributed by atoms with Crippen molar-refractivity contribution in [2.45, 2.75) is 19.5 Å². The minimum Gasteiger partial charge on any atom is -0.346 e. The lowest BCUT2D eigenvalue weighted by atomic mass is 10.1. The Morgan fingerprint density at radius 3 is 2.50 bits per heavy atom. The lowest BCUT2D eigenvalue weighted by Crippen LogP contribution is -2.26. The van der Waals surface area contributed by atoms with Crippen LogP contribution >= 0.6 is 0 Å². The summed E-state index contributed by atoms with van der Waals surface area (Å²) in [6.07, 6.45) is 1.79. The van der Waals surface area contributed by atoms with Gasteiger partial charge < -0.3 is 9.88 Å². The highest BCUT2D eigenvalue weighted by Crippen LogP contribution is 2.22. The summed E-state index contributed by atoms with van der Waals surface area (Å²) in [5.74, 6) is -1.51. The van der Waals surface area contributed by atoms with Crippen molar-refractivity contribution in [1.82, 2.24) is 9.88 Å². The number of hydrogen-bond acceptors (Lipinski definition) is 3. The summed E-state index contributed by atoms with van der Waals surface area (Å²) < 4.78 is 29.0. The second-order valence-electron chi connectivity index (χ2n) is 7.50. The van der Waals surface area contributed by atoms with E-state index in [1.54, 1.807) is 43.5 Å². The molecule has 32 heavy (non-hydrogen) atoms. The van der Waals surface area contributed by atoms with Gasteiger partial charge in [0.1, 0.15) is 11.6 Å². The van der Waals surface area contributed by atoms with E-state index in [-0.39, 0.29) is 24.2 Å². The summed E-state index contributed by atoms with van der Waals surface area (Å²) in [5.41, 5.74) is 2.37. The van der Waals surface area contributed by atoms with Crippen LogP contribution < -0.4 is 5.32 Å². The average Bonchev–Trinajstić information content (AvgIpc) is 3.17. The number of fused-ring (bicyclic) bond motifs is 1. The molecule has 8 heteroatoms. The number of hydrogen-bond donors (Lipinski definition) is 1. The van der Waals surface area contributed by atoms with Crippen LogP contribution in [0.3, 0.4) is 0 Å². The van der Waals surface area contributed by atoms with Gasteiger partial charge in [-0.25, -0.2) is 8.78 Å². The van der Waals surface area contributed by atoms with E-state index in [4.69, 9.17) is 0 Å². The summed E-state index contributed by atoms with van der Waals surface area (Å²) in [5, 5.41) is 14.5. The Morgan fingerprint density at radius 2 is 1.81 bits per heavy atom. The van der Waals surface area contributed by atoms with Crippen LogP contribution in [0.2, 0.25) is 0 Å². The van der Waals surface area contributed by atoms with Gasteiger partial charge >= 0.3 is 0 Å². The maximum Gasteiger partial charge on any atom is 0.269 e. The zero-order chi connectivity index (χ0) is 22.8. The fraction of sp³-hybridized carbons (Fsp3) is 0.125. The minimum atomic E-state index is -0.623. The van der Waals surface area contributed by atoms with Crippen molar-refractivity contribution in [1.29, 1.82) is 0 Å². The van der Waals surface area contributed by atoms with Crippen LogP contribution in [0.25, 0.3) is 10.9 Å². The van der Waals surface area contributed by atoms with E-state index in [0.29, 0.717) is 11.1 Å². The largest absolute Gasteiger partial charge is 0.346 e. The fourth-order valence-electron chi connectivity index (χ4n) is 3.56. The molecule has 0 aliphatic carbocycles. The number of carbonyl (C=O) groups is 1. The molecule has 0 radical (unpaired) electrons. The topological polar surface area (TPSA) is 77.2 Å². The van der Waals surface area contributed by atoms with E-state index in [0.717, 1.165) is 22.5 Å². The molecule has 0 bridgehead atoms. The zero-order valence-corrected chi connectivity index (χ0v) is 17.1. The van der Waals surface area contributed by atoms with Gasteiger partial charge in [-0.05, 0) is 42.8 Å². The molecule has 1 amide bonds. The molecule has 4 aromatic rings. The van der Waals surface area contributed by atoms with Gasteiger partial charge in [0.2, 0.25) is 0 Å². The Hall–Kier alpha value is -4.07. The van der Waals surface area contributed by atoms with E-state index in [1.165, 1.54) is 24.3 Å². The maximum absolute atomic E-state index is 14.0. The first-order chi connectivity index (χ1) is 15.3. The molecule has 3 aromatic carbocycles. The number of benzene rings is 3. The first-order valence-electron chi connectivity index (χ1n) is 9.90. The fourth-order valence-corrected chi connectivity index (χ4v) is 3.56. The molecule has 0 saturated heterocycles. The maximum atomic E-state index is 14.0. The zero-order valence-electron chi connectivity index (χ0n) is 17.1. The van der Waals surface area contributed by atoms with Gasteiger partial charge in [0.15, 0.2) is 0 Å². The van der Waals surface area contributed by atoms with Crippen LogP contribution in [0.15, 0.2) is 72.9 Å². The number of carbonyl (C=O) groups excluding carboxylic acids is 1. The normalized spacial score (nSPS) is 12.0. The van der Waals surface area contributed by atoms with Crippen LogP contribution in [-0.2, 0) is 6.54 Å². The van der Waals surface area contributed by atoms with Gasteiger partial charge in [-0.2, -0.15) is 0 Å². The molecule has 0 saturated carbocycles. The van der Waals surface area contributed by atoms with E-state index >= 15 is 0 Å². The highest BCUT2D eigenvalue weighted by atomic mass is 19.1. The molecule has 0 fully saturated rings. The lowest BCUT2D eigenvalue weighted by molar-refractivity contribution is -0.384. The van der Waals surface area contributed by atoms with Gasteiger partial charge in [-0.3, -0.25) is 14.9 Å². The summed E-state index contributed by atoms with van der Waals surface area (Å²) in [7, 11) is 0. The molecule has 0 aliphatic rings. The van der Waals surface area contributed by atoms with Gasteiger partial charge in [0, 0.05) is 46.4 Å². The lowest BCUT2D eigenvalue weighted by Gasteiger charge is -2.14. The molecule has 1 atom stereocenters. The number of nitro benzene ring substituents is 1. The SMILES string of the molecule is CC(NC(=O)c1ccc2c(ccn2Cc2ccc(F)cc2F)c1)c1ccc([N+](=O)[O-])cc1. The molecular formula is C24H19F2N3O3. The van der Waals surface area contributed by atoms with Crippen molar-refractivity contribution in [2.24, 2.45) is 0 Å². The average molecular weight is 435 g/mol. The molecule has 162 valence electrons. The van der Waals surface area contributed by atoms with Gasteiger partial charge in [-0.15, -0.1) is 0 Å².